The second-order valence-corrected chi connectivity index (χ2v) is 7.48. The normalized spacial score (nSPS) is 17.4. The number of aryl methyl sites for hydroxylation is 1. The molecule has 2 aromatic rings. The number of thiazole rings is 1. The van der Waals surface area contributed by atoms with Crippen LogP contribution >= 0.6 is 11.3 Å². The Labute approximate surface area is 137 Å². The molecule has 22 heavy (non-hydrogen) atoms. The molecule has 0 aliphatic heterocycles. The van der Waals surface area contributed by atoms with Crippen molar-refractivity contribution in [2.75, 3.05) is 0 Å². The van der Waals surface area contributed by atoms with Crippen LogP contribution in [0.4, 0.5) is 5.69 Å². The second-order valence-electron chi connectivity index (χ2n) is 6.65. The molecule has 1 aromatic heterocycles. The lowest BCUT2D eigenvalue weighted by molar-refractivity contribution is 0.344. The van der Waals surface area contributed by atoms with E-state index in [1.807, 2.05) is 0 Å². The average molecular weight is 314 g/mol. The Morgan fingerprint density at radius 3 is 2.59 bits per heavy atom. The molecule has 0 atom stereocenters. The third-order valence-corrected chi connectivity index (χ3v) is 5.59. The van der Waals surface area contributed by atoms with Crippen molar-refractivity contribution < 1.29 is 0 Å². The highest BCUT2D eigenvalue weighted by Crippen LogP contribution is 2.30. The fourth-order valence-corrected chi connectivity index (χ4v) is 4.39. The lowest BCUT2D eigenvalue weighted by atomic mass is 9.95. The van der Waals surface area contributed by atoms with E-state index in [9.17, 15) is 0 Å². The third-order valence-electron chi connectivity index (χ3n) is 4.64. The van der Waals surface area contributed by atoms with E-state index in [2.05, 4.69) is 55.0 Å². The Bertz CT molecular complexity index is 687. The molecule has 118 valence electrons. The van der Waals surface area contributed by atoms with Crippen LogP contribution < -0.4 is 4.80 Å². The molecule has 0 radical (unpaired) electrons. The van der Waals surface area contributed by atoms with Crippen LogP contribution in [0.25, 0.3) is 0 Å². The van der Waals surface area contributed by atoms with Crippen molar-refractivity contribution >= 4 is 17.0 Å². The van der Waals surface area contributed by atoms with Crippen LogP contribution in [-0.2, 0) is 0 Å². The minimum absolute atomic E-state index is 0.504. The first kappa shape index (κ1) is 15.5. The molecule has 3 heteroatoms. The first-order chi connectivity index (χ1) is 10.7. The SMILES string of the molecule is Cc1csc(=Nc2ccccc2C(C)C)n1C1CCCCC1. The number of nitrogens with zero attached hydrogens (tertiary/aromatic N) is 2. The molecule has 1 aromatic carbocycles. The summed E-state index contributed by atoms with van der Waals surface area (Å²) in [6.07, 6.45) is 6.71. The van der Waals surface area contributed by atoms with E-state index in [0.29, 0.717) is 12.0 Å². The Hall–Kier alpha value is -1.35. The third kappa shape index (κ3) is 3.19. The molecule has 1 aliphatic carbocycles. The maximum absolute atomic E-state index is 5.04. The van der Waals surface area contributed by atoms with E-state index in [1.54, 1.807) is 11.3 Å². The molecule has 0 saturated heterocycles. The standard InChI is InChI=1S/C19H26N2S/c1-14(2)17-11-7-8-12-18(17)20-19-21(15(3)13-22-19)16-9-5-4-6-10-16/h7-8,11-14,16H,4-6,9-10H2,1-3H3. The van der Waals surface area contributed by atoms with Crippen LogP contribution in [0.5, 0.6) is 0 Å². The Balaban J connectivity index is 2.05. The minimum Gasteiger partial charge on any atom is -0.318 e. The summed E-state index contributed by atoms with van der Waals surface area (Å²) < 4.78 is 2.49. The molecule has 0 N–H and O–H groups in total. The summed E-state index contributed by atoms with van der Waals surface area (Å²) in [6.45, 7) is 6.70. The maximum atomic E-state index is 5.04. The van der Waals surface area contributed by atoms with Crippen LogP contribution in [0.3, 0.4) is 0 Å². The molecule has 0 bridgehead atoms. The molecule has 1 saturated carbocycles. The predicted octanol–water partition coefficient (Wildman–Crippen LogP) is 5.72. The monoisotopic (exact) mass is 314 g/mol. The summed E-state index contributed by atoms with van der Waals surface area (Å²) in [5, 5.41) is 2.26. The molecule has 1 fully saturated rings. The fourth-order valence-electron chi connectivity index (χ4n) is 3.45. The van der Waals surface area contributed by atoms with Gasteiger partial charge in [0.15, 0.2) is 4.80 Å². The zero-order valence-electron chi connectivity index (χ0n) is 13.9. The average Bonchev–Trinajstić information content (AvgIpc) is 2.89. The summed E-state index contributed by atoms with van der Waals surface area (Å²) in [5.41, 5.74) is 3.82. The number of rotatable bonds is 3. The summed E-state index contributed by atoms with van der Waals surface area (Å²) in [7, 11) is 0. The van der Waals surface area contributed by atoms with E-state index >= 15 is 0 Å². The van der Waals surface area contributed by atoms with E-state index in [4.69, 9.17) is 4.99 Å². The highest BCUT2D eigenvalue weighted by Gasteiger charge is 2.18. The Kier molecular flexibility index (Phi) is 4.82. The molecule has 1 heterocycles. The van der Waals surface area contributed by atoms with Crippen LogP contribution in [0, 0.1) is 6.92 Å². The van der Waals surface area contributed by atoms with Gasteiger partial charge in [0.1, 0.15) is 0 Å². The van der Waals surface area contributed by atoms with Crippen LogP contribution in [0.1, 0.15) is 69.2 Å². The van der Waals surface area contributed by atoms with Crippen molar-refractivity contribution in [2.45, 2.75) is 64.8 Å². The van der Waals surface area contributed by atoms with E-state index in [-0.39, 0.29) is 0 Å². The molecular weight excluding hydrogens is 288 g/mol. The Morgan fingerprint density at radius 1 is 1.14 bits per heavy atom. The molecule has 0 spiro atoms. The first-order valence-electron chi connectivity index (χ1n) is 8.47. The van der Waals surface area contributed by atoms with E-state index in [1.165, 1.54) is 43.4 Å². The van der Waals surface area contributed by atoms with Gasteiger partial charge >= 0.3 is 0 Å². The van der Waals surface area contributed by atoms with Gasteiger partial charge in [0, 0.05) is 17.1 Å². The molecule has 3 rings (SSSR count). The van der Waals surface area contributed by atoms with Crippen molar-refractivity contribution in [3.8, 4) is 0 Å². The molecule has 1 aliphatic rings. The van der Waals surface area contributed by atoms with Gasteiger partial charge in [-0.05, 0) is 37.3 Å². The van der Waals surface area contributed by atoms with Crippen LogP contribution in [0.2, 0.25) is 0 Å². The number of aromatic nitrogens is 1. The summed E-state index contributed by atoms with van der Waals surface area (Å²) >= 11 is 1.78. The quantitative estimate of drug-likeness (QED) is 0.689. The zero-order chi connectivity index (χ0) is 15.5. The number of hydrogen-bond donors (Lipinski definition) is 0. The van der Waals surface area contributed by atoms with Crippen molar-refractivity contribution in [1.29, 1.82) is 0 Å². The number of hydrogen-bond acceptors (Lipinski definition) is 2. The summed E-state index contributed by atoms with van der Waals surface area (Å²) in [6, 6.07) is 9.20. The lowest BCUT2D eigenvalue weighted by Gasteiger charge is -2.24. The van der Waals surface area contributed by atoms with Crippen molar-refractivity contribution in [2.24, 2.45) is 4.99 Å². The van der Waals surface area contributed by atoms with Gasteiger partial charge < -0.3 is 4.57 Å². The van der Waals surface area contributed by atoms with Crippen molar-refractivity contribution in [3.63, 3.8) is 0 Å². The van der Waals surface area contributed by atoms with Gasteiger partial charge in [-0.2, -0.15) is 0 Å². The molecule has 2 nitrogen and oxygen atoms in total. The largest absolute Gasteiger partial charge is 0.318 e. The van der Waals surface area contributed by atoms with Gasteiger partial charge in [0.25, 0.3) is 0 Å². The van der Waals surface area contributed by atoms with Crippen molar-refractivity contribution in [1.82, 2.24) is 4.57 Å². The highest BCUT2D eigenvalue weighted by atomic mass is 32.1. The lowest BCUT2D eigenvalue weighted by Crippen LogP contribution is -2.23. The molecule has 0 unspecified atom stereocenters. The predicted molar refractivity (Wildman–Crippen MR) is 94.9 cm³/mol. The van der Waals surface area contributed by atoms with Crippen molar-refractivity contribution in [3.05, 3.63) is 45.7 Å². The first-order valence-corrected chi connectivity index (χ1v) is 9.35. The topological polar surface area (TPSA) is 17.3 Å². The number of para-hydroxylation sites is 1. The molecule has 0 amide bonds. The van der Waals surface area contributed by atoms with Gasteiger partial charge in [-0.1, -0.05) is 51.3 Å². The summed E-state index contributed by atoms with van der Waals surface area (Å²) in [4.78, 5) is 6.20. The fraction of sp³-hybridized carbons (Fsp3) is 0.526. The van der Waals surface area contributed by atoms with E-state index < -0.39 is 0 Å². The van der Waals surface area contributed by atoms with E-state index in [0.717, 1.165) is 10.5 Å². The number of benzene rings is 1. The maximum Gasteiger partial charge on any atom is 0.190 e. The van der Waals surface area contributed by atoms with Gasteiger partial charge in [-0.25, -0.2) is 4.99 Å². The van der Waals surface area contributed by atoms with Crippen LogP contribution in [-0.4, -0.2) is 4.57 Å². The van der Waals surface area contributed by atoms with Crippen LogP contribution in [0.15, 0.2) is 34.6 Å². The van der Waals surface area contributed by atoms with Gasteiger partial charge in [0.05, 0.1) is 5.69 Å². The smallest absolute Gasteiger partial charge is 0.190 e. The van der Waals surface area contributed by atoms with Gasteiger partial charge in [-0.3, -0.25) is 0 Å². The van der Waals surface area contributed by atoms with Gasteiger partial charge in [-0.15, -0.1) is 11.3 Å². The zero-order valence-corrected chi connectivity index (χ0v) is 14.7. The second kappa shape index (κ2) is 6.82. The summed E-state index contributed by atoms with van der Waals surface area (Å²) in [5.74, 6) is 0.504. The van der Waals surface area contributed by atoms with Gasteiger partial charge in [0.2, 0.25) is 0 Å². The highest BCUT2D eigenvalue weighted by molar-refractivity contribution is 7.07. The minimum atomic E-state index is 0.504. The Morgan fingerprint density at radius 2 is 1.86 bits per heavy atom. The molecular formula is C19H26N2S.